The molecule has 0 aromatic carbocycles. The van der Waals surface area contributed by atoms with E-state index in [4.69, 9.17) is 4.84 Å². The van der Waals surface area contributed by atoms with E-state index in [1.807, 2.05) is 0 Å². The van der Waals surface area contributed by atoms with Crippen molar-refractivity contribution in [2.75, 3.05) is 13.2 Å². The molecule has 1 aliphatic heterocycles. The number of rotatable bonds is 3. The smallest absolute Gasteiger partial charge is 0.240 e. The number of hydrogen-bond acceptors (Lipinski definition) is 3. The summed E-state index contributed by atoms with van der Waals surface area (Å²) >= 11 is 0. The van der Waals surface area contributed by atoms with Crippen molar-refractivity contribution in [2.24, 2.45) is 0 Å². The van der Waals surface area contributed by atoms with E-state index in [2.05, 4.69) is 10.8 Å². The molecule has 1 atom stereocenters. The summed E-state index contributed by atoms with van der Waals surface area (Å²) in [5, 5.41) is 3.25. The summed E-state index contributed by atoms with van der Waals surface area (Å²) in [5.41, 5.74) is 2.29. The van der Waals surface area contributed by atoms with Crippen LogP contribution in [-0.2, 0) is 9.63 Å². The minimum absolute atomic E-state index is 0.150. The van der Waals surface area contributed by atoms with E-state index < -0.39 is 0 Å². The van der Waals surface area contributed by atoms with Gasteiger partial charge in [0.1, 0.15) is 0 Å². The van der Waals surface area contributed by atoms with Crippen LogP contribution in [0.25, 0.3) is 0 Å². The molecule has 11 heavy (non-hydrogen) atoms. The first kappa shape index (κ1) is 8.49. The summed E-state index contributed by atoms with van der Waals surface area (Å²) in [6, 6.07) is 0.418. The van der Waals surface area contributed by atoms with E-state index in [0.717, 1.165) is 13.0 Å². The quantitative estimate of drug-likeness (QED) is 0.559. The molecule has 1 fully saturated rings. The molecule has 0 aromatic heterocycles. The third-order valence-electron chi connectivity index (χ3n) is 1.66. The van der Waals surface area contributed by atoms with Crippen LogP contribution in [0, 0.1) is 0 Å². The van der Waals surface area contributed by atoms with E-state index in [1.54, 1.807) is 0 Å². The summed E-state index contributed by atoms with van der Waals surface area (Å²) in [5.74, 6) is -0.150. The molecule has 2 N–H and O–H groups in total. The topological polar surface area (TPSA) is 50.4 Å². The van der Waals surface area contributed by atoms with Crippen molar-refractivity contribution in [3.8, 4) is 0 Å². The zero-order chi connectivity index (χ0) is 8.10. The monoisotopic (exact) mass is 158 g/mol. The minimum Gasteiger partial charge on any atom is -0.312 e. The van der Waals surface area contributed by atoms with Gasteiger partial charge in [-0.2, -0.15) is 0 Å². The summed E-state index contributed by atoms with van der Waals surface area (Å²) in [7, 11) is 0. The predicted octanol–water partition coefficient (Wildman–Crippen LogP) is -0.194. The fraction of sp³-hybridized carbons (Fsp3) is 0.857. The van der Waals surface area contributed by atoms with Crippen LogP contribution in [0.2, 0.25) is 0 Å². The van der Waals surface area contributed by atoms with Crippen LogP contribution in [0.1, 0.15) is 19.8 Å². The number of carbonyl (C=O) groups excluding carboxylic acids is 1. The van der Waals surface area contributed by atoms with Gasteiger partial charge in [0, 0.05) is 13.0 Å². The summed E-state index contributed by atoms with van der Waals surface area (Å²) < 4.78 is 0. The Morgan fingerprint density at radius 2 is 2.64 bits per heavy atom. The summed E-state index contributed by atoms with van der Waals surface area (Å²) in [4.78, 5) is 15.3. The summed E-state index contributed by atoms with van der Waals surface area (Å²) in [6.45, 7) is 3.07. The van der Waals surface area contributed by atoms with Gasteiger partial charge in [0.05, 0.1) is 6.61 Å². The van der Waals surface area contributed by atoms with Crippen molar-refractivity contribution in [1.82, 2.24) is 10.8 Å². The molecular formula is C7H14N2O2. The second-order valence-electron chi connectivity index (χ2n) is 2.76. The molecule has 0 spiro atoms. The maximum absolute atomic E-state index is 10.4. The Labute approximate surface area is 66.3 Å². The van der Waals surface area contributed by atoms with Gasteiger partial charge in [-0.05, 0) is 19.4 Å². The van der Waals surface area contributed by atoms with Crippen molar-refractivity contribution in [3.05, 3.63) is 0 Å². The molecule has 1 rings (SSSR count). The van der Waals surface area contributed by atoms with Gasteiger partial charge < -0.3 is 5.32 Å². The first-order valence-electron chi connectivity index (χ1n) is 3.91. The van der Waals surface area contributed by atoms with Gasteiger partial charge in [-0.25, -0.2) is 5.48 Å². The van der Waals surface area contributed by atoms with Gasteiger partial charge >= 0.3 is 0 Å². The Morgan fingerprint density at radius 1 is 1.82 bits per heavy atom. The fourth-order valence-corrected chi connectivity index (χ4v) is 1.14. The standard InChI is InChI=1S/C7H14N2O2/c1-6(10)9-11-5-7-3-2-4-8-7/h7-8H,2-5H2,1H3,(H,9,10). The van der Waals surface area contributed by atoms with E-state index >= 15 is 0 Å². The zero-order valence-electron chi connectivity index (χ0n) is 6.72. The maximum Gasteiger partial charge on any atom is 0.240 e. The number of amides is 1. The first-order chi connectivity index (χ1) is 5.29. The lowest BCUT2D eigenvalue weighted by Gasteiger charge is -2.09. The maximum atomic E-state index is 10.4. The molecule has 1 amide bonds. The van der Waals surface area contributed by atoms with Gasteiger partial charge in [-0.3, -0.25) is 9.63 Å². The third kappa shape index (κ3) is 3.34. The van der Waals surface area contributed by atoms with Crippen LogP contribution in [0.15, 0.2) is 0 Å². The second-order valence-corrected chi connectivity index (χ2v) is 2.76. The van der Waals surface area contributed by atoms with Crippen molar-refractivity contribution in [2.45, 2.75) is 25.8 Å². The number of hydrogen-bond donors (Lipinski definition) is 2. The van der Waals surface area contributed by atoms with E-state index in [0.29, 0.717) is 12.6 Å². The Kier molecular flexibility index (Phi) is 3.32. The molecule has 4 heteroatoms. The molecular weight excluding hydrogens is 144 g/mol. The molecule has 0 saturated carbocycles. The number of nitrogens with one attached hydrogen (secondary N) is 2. The van der Waals surface area contributed by atoms with E-state index in [-0.39, 0.29) is 5.91 Å². The highest BCUT2D eigenvalue weighted by Gasteiger charge is 2.13. The number of carbonyl (C=O) groups is 1. The first-order valence-corrected chi connectivity index (χ1v) is 3.91. The van der Waals surface area contributed by atoms with Gasteiger partial charge in [0.15, 0.2) is 0 Å². The number of hydroxylamine groups is 1. The average molecular weight is 158 g/mol. The molecule has 1 unspecified atom stereocenters. The molecule has 1 saturated heterocycles. The van der Waals surface area contributed by atoms with Crippen molar-refractivity contribution >= 4 is 5.91 Å². The van der Waals surface area contributed by atoms with Crippen LogP contribution in [0.4, 0.5) is 0 Å². The van der Waals surface area contributed by atoms with Crippen molar-refractivity contribution < 1.29 is 9.63 Å². The van der Waals surface area contributed by atoms with Crippen molar-refractivity contribution in [3.63, 3.8) is 0 Å². The highest BCUT2D eigenvalue weighted by atomic mass is 16.7. The normalized spacial score (nSPS) is 23.5. The molecule has 0 bridgehead atoms. The van der Waals surface area contributed by atoms with Gasteiger partial charge in [-0.1, -0.05) is 0 Å². The van der Waals surface area contributed by atoms with Gasteiger partial charge in [0.25, 0.3) is 0 Å². The lowest BCUT2D eigenvalue weighted by molar-refractivity contribution is -0.131. The van der Waals surface area contributed by atoms with E-state index in [9.17, 15) is 4.79 Å². The van der Waals surface area contributed by atoms with E-state index in [1.165, 1.54) is 13.3 Å². The Hall–Kier alpha value is -0.610. The second kappa shape index (κ2) is 4.31. The van der Waals surface area contributed by atoms with Gasteiger partial charge in [-0.15, -0.1) is 0 Å². The Morgan fingerprint density at radius 3 is 3.18 bits per heavy atom. The molecule has 1 aliphatic rings. The Bertz CT molecular complexity index is 132. The largest absolute Gasteiger partial charge is 0.312 e. The lowest BCUT2D eigenvalue weighted by atomic mass is 10.2. The third-order valence-corrected chi connectivity index (χ3v) is 1.66. The molecule has 0 aromatic rings. The Balaban J connectivity index is 1.98. The lowest BCUT2D eigenvalue weighted by Crippen LogP contribution is -2.31. The molecule has 64 valence electrons. The molecule has 0 radical (unpaired) electrons. The minimum atomic E-state index is -0.150. The van der Waals surface area contributed by atoms with Crippen LogP contribution in [-0.4, -0.2) is 25.1 Å². The fourth-order valence-electron chi connectivity index (χ4n) is 1.14. The highest BCUT2D eigenvalue weighted by Crippen LogP contribution is 2.03. The highest BCUT2D eigenvalue weighted by molar-refractivity contribution is 5.71. The van der Waals surface area contributed by atoms with Crippen LogP contribution in [0.3, 0.4) is 0 Å². The SMILES string of the molecule is CC(=O)NOCC1CCCN1. The van der Waals surface area contributed by atoms with Crippen LogP contribution >= 0.6 is 0 Å². The zero-order valence-corrected chi connectivity index (χ0v) is 6.72. The summed E-state index contributed by atoms with van der Waals surface area (Å²) in [6.07, 6.45) is 2.34. The van der Waals surface area contributed by atoms with Gasteiger partial charge in [0.2, 0.25) is 5.91 Å². The molecule has 0 aliphatic carbocycles. The predicted molar refractivity (Wildman–Crippen MR) is 40.8 cm³/mol. The van der Waals surface area contributed by atoms with Crippen molar-refractivity contribution in [1.29, 1.82) is 0 Å². The van der Waals surface area contributed by atoms with Crippen LogP contribution < -0.4 is 10.8 Å². The molecule has 4 nitrogen and oxygen atoms in total. The van der Waals surface area contributed by atoms with Crippen LogP contribution in [0.5, 0.6) is 0 Å². The average Bonchev–Trinajstić information content (AvgIpc) is 2.39. The molecule has 1 heterocycles.